The lowest BCUT2D eigenvalue weighted by Crippen LogP contribution is -2.33. The predicted molar refractivity (Wildman–Crippen MR) is 96.7 cm³/mol. The van der Waals surface area contributed by atoms with Crippen LogP contribution >= 0.6 is 0 Å². The number of hydrogen-bond acceptors (Lipinski definition) is 3. The molecule has 4 nitrogen and oxygen atoms in total. The van der Waals surface area contributed by atoms with Crippen LogP contribution in [0, 0.1) is 0 Å². The van der Waals surface area contributed by atoms with Gasteiger partial charge in [0.05, 0.1) is 25.3 Å². The maximum Gasteiger partial charge on any atom is 0.225 e. The van der Waals surface area contributed by atoms with E-state index in [1.54, 1.807) is 6.26 Å². The maximum atomic E-state index is 12.6. The Morgan fingerprint density at radius 2 is 2.12 bits per heavy atom. The molecule has 3 aromatic rings. The van der Waals surface area contributed by atoms with Crippen molar-refractivity contribution in [2.24, 2.45) is 0 Å². The largest absolute Gasteiger partial charge is 0.493 e. The predicted octanol–water partition coefficient (Wildman–Crippen LogP) is 4.18. The molecule has 0 aliphatic carbocycles. The van der Waals surface area contributed by atoms with Crippen LogP contribution < -0.4 is 10.1 Å². The highest BCUT2D eigenvalue weighted by Crippen LogP contribution is 2.31. The summed E-state index contributed by atoms with van der Waals surface area (Å²) in [6, 6.07) is 14.1. The molecule has 0 saturated heterocycles. The molecule has 1 N–H and O–H groups in total. The van der Waals surface area contributed by atoms with E-state index in [2.05, 4.69) is 18.3 Å². The number of fused-ring (bicyclic) bond motifs is 2. The summed E-state index contributed by atoms with van der Waals surface area (Å²) in [7, 11) is 0. The highest BCUT2D eigenvalue weighted by Gasteiger charge is 2.23. The Bertz CT molecular complexity index is 912. The maximum absolute atomic E-state index is 12.6. The van der Waals surface area contributed by atoms with Gasteiger partial charge in [-0.1, -0.05) is 37.3 Å². The van der Waals surface area contributed by atoms with Gasteiger partial charge in [0.2, 0.25) is 5.91 Å². The first-order valence-corrected chi connectivity index (χ1v) is 8.74. The molecule has 1 aliphatic rings. The molecule has 0 spiro atoms. The molecule has 4 heteroatoms. The van der Waals surface area contributed by atoms with Crippen molar-refractivity contribution < 1.29 is 13.9 Å². The summed E-state index contributed by atoms with van der Waals surface area (Å²) in [5.41, 5.74) is 4.05. The molecule has 1 aliphatic heterocycles. The van der Waals surface area contributed by atoms with Crippen molar-refractivity contribution in [3.05, 3.63) is 65.4 Å². The number of furan rings is 1. The number of carbonyl (C=O) groups is 1. The molecule has 0 unspecified atom stereocenters. The third-order valence-corrected chi connectivity index (χ3v) is 4.77. The van der Waals surface area contributed by atoms with Gasteiger partial charge in [-0.05, 0) is 24.1 Å². The van der Waals surface area contributed by atoms with E-state index in [4.69, 9.17) is 9.15 Å². The van der Waals surface area contributed by atoms with Gasteiger partial charge in [-0.2, -0.15) is 0 Å². The van der Waals surface area contributed by atoms with Crippen molar-refractivity contribution in [1.29, 1.82) is 0 Å². The first kappa shape index (κ1) is 15.8. The smallest absolute Gasteiger partial charge is 0.225 e. The van der Waals surface area contributed by atoms with Crippen LogP contribution in [0.25, 0.3) is 11.0 Å². The van der Waals surface area contributed by atoms with E-state index < -0.39 is 0 Å². The minimum absolute atomic E-state index is 0.00214. The van der Waals surface area contributed by atoms with Crippen molar-refractivity contribution in [1.82, 2.24) is 5.32 Å². The fraction of sp³-hybridized carbons (Fsp3) is 0.286. The van der Waals surface area contributed by atoms with Gasteiger partial charge in [-0.15, -0.1) is 0 Å². The Morgan fingerprint density at radius 3 is 3.00 bits per heavy atom. The van der Waals surface area contributed by atoms with Crippen LogP contribution in [-0.4, -0.2) is 12.5 Å². The number of aryl methyl sites for hydroxylation is 1. The number of rotatable bonds is 4. The summed E-state index contributed by atoms with van der Waals surface area (Å²) in [6.07, 6.45) is 3.77. The highest BCUT2D eigenvalue weighted by molar-refractivity contribution is 5.88. The van der Waals surface area contributed by atoms with E-state index in [9.17, 15) is 4.79 Å². The Labute approximate surface area is 146 Å². The fourth-order valence-corrected chi connectivity index (χ4v) is 3.39. The standard InChI is InChI=1S/C21H21NO3/c1-2-14-7-8-16-15(13-25-20(16)11-14)12-21(23)22-18-9-10-24-19-6-4-3-5-17(18)19/h3-8,11,13,18H,2,9-10,12H2,1H3,(H,22,23)/t18-/m1/s1. The molecule has 4 rings (SSSR count). The lowest BCUT2D eigenvalue weighted by atomic mass is 10.00. The zero-order valence-corrected chi connectivity index (χ0v) is 14.2. The molecule has 0 fully saturated rings. The van der Waals surface area contributed by atoms with E-state index in [-0.39, 0.29) is 11.9 Å². The summed E-state index contributed by atoms with van der Waals surface area (Å²) in [6.45, 7) is 2.74. The van der Waals surface area contributed by atoms with Gasteiger partial charge in [0.1, 0.15) is 11.3 Å². The third kappa shape index (κ3) is 3.12. The fourth-order valence-electron chi connectivity index (χ4n) is 3.39. The Hall–Kier alpha value is -2.75. The number of nitrogens with one attached hydrogen (secondary N) is 1. The Balaban J connectivity index is 1.50. The normalized spacial score (nSPS) is 16.3. The topological polar surface area (TPSA) is 51.5 Å². The van der Waals surface area contributed by atoms with Crippen LogP contribution in [0.3, 0.4) is 0 Å². The minimum atomic E-state index is 0.00214. The summed E-state index contributed by atoms with van der Waals surface area (Å²) >= 11 is 0. The number of hydrogen-bond donors (Lipinski definition) is 1. The SMILES string of the molecule is CCc1ccc2c(CC(=O)N[C@@H]3CCOc4ccccc43)coc2c1. The molecule has 2 heterocycles. The lowest BCUT2D eigenvalue weighted by molar-refractivity contribution is -0.121. The van der Waals surface area contributed by atoms with Crippen LogP contribution in [0.4, 0.5) is 0 Å². The van der Waals surface area contributed by atoms with Crippen molar-refractivity contribution in [2.75, 3.05) is 6.61 Å². The highest BCUT2D eigenvalue weighted by atomic mass is 16.5. The first-order chi connectivity index (χ1) is 12.2. The van der Waals surface area contributed by atoms with Crippen LogP contribution in [0.15, 0.2) is 53.1 Å². The van der Waals surface area contributed by atoms with Gasteiger partial charge in [-0.25, -0.2) is 0 Å². The molecule has 2 aromatic carbocycles. The second kappa shape index (κ2) is 6.63. The van der Waals surface area contributed by atoms with E-state index in [1.165, 1.54) is 5.56 Å². The quantitative estimate of drug-likeness (QED) is 0.778. The monoisotopic (exact) mass is 335 g/mol. The number of benzene rings is 2. The van der Waals surface area contributed by atoms with Gasteiger partial charge in [0.25, 0.3) is 0 Å². The molecule has 1 atom stereocenters. The zero-order valence-electron chi connectivity index (χ0n) is 14.2. The summed E-state index contributed by atoms with van der Waals surface area (Å²) in [4.78, 5) is 12.6. The number of amides is 1. The summed E-state index contributed by atoms with van der Waals surface area (Å²) < 4.78 is 11.3. The molecule has 1 amide bonds. The van der Waals surface area contributed by atoms with Crippen LogP contribution in [-0.2, 0) is 17.6 Å². The lowest BCUT2D eigenvalue weighted by Gasteiger charge is -2.26. The molecular weight excluding hydrogens is 314 g/mol. The van der Waals surface area contributed by atoms with E-state index >= 15 is 0 Å². The van der Waals surface area contributed by atoms with Crippen LogP contribution in [0.1, 0.15) is 36.1 Å². The summed E-state index contributed by atoms with van der Waals surface area (Å²) in [5, 5.41) is 4.15. The molecule has 128 valence electrons. The molecule has 0 bridgehead atoms. The average molecular weight is 335 g/mol. The Kier molecular flexibility index (Phi) is 4.18. The van der Waals surface area contributed by atoms with Gasteiger partial charge < -0.3 is 14.5 Å². The van der Waals surface area contributed by atoms with E-state index in [1.807, 2.05) is 36.4 Å². The average Bonchev–Trinajstić information content (AvgIpc) is 3.04. The van der Waals surface area contributed by atoms with Crippen molar-refractivity contribution in [3.8, 4) is 5.75 Å². The zero-order chi connectivity index (χ0) is 17.2. The second-order valence-corrected chi connectivity index (χ2v) is 6.42. The molecule has 0 radical (unpaired) electrons. The Morgan fingerprint density at radius 1 is 1.24 bits per heavy atom. The second-order valence-electron chi connectivity index (χ2n) is 6.42. The number of para-hydroxylation sites is 1. The van der Waals surface area contributed by atoms with Gasteiger partial charge in [0, 0.05) is 22.9 Å². The van der Waals surface area contributed by atoms with Crippen molar-refractivity contribution >= 4 is 16.9 Å². The minimum Gasteiger partial charge on any atom is -0.493 e. The molecule has 0 saturated carbocycles. The number of carbonyl (C=O) groups excluding carboxylic acids is 1. The van der Waals surface area contributed by atoms with Crippen molar-refractivity contribution in [2.45, 2.75) is 32.2 Å². The third-order valence-electron chi connectivity index (χ3n) is 4.77. The van der Waals surface area contributed by atoms with Crippen LogP contribution in [0.5, 0.6) is 5.75 Å². The molecular formula is C21H21NO3. The van der Waals surface area contributed by atoms with Gasteiger partial charge in [-0.3, -0.25) is 4.79 Å². The van der Waals surface area contributed by atoms with E-state index in [0.29, 0.717) is 13.0 Å². The van der Waals surface area contributed by atoms with Gasteiger partial charge in [0.15, 0.2) is 0 Å². The van der Waals surface area contributed by atoms with Gasteiger partial charge >= 0.3 is 0 Å². The number of ether oxygens (including phenoxy) is 1. The molecule has 25 heavy (non-hydrogen) atoms. The van der Waals surface area contributed by atoms with Crippen LogP contribution in [0.2, 0.25) is 0 Å². The molecule has 1 aromatic heterocycles. The van der Waals surface area contributed by atoms with Crippen molar-refractivity contribution in [3.63, 3.8) is 0 Å². The van der Waals surface area contributed by atoms with E-state index in [0.717, 1.165) is 40.7 Å². The summed E-state index contributed by atoms with van der Waals surface area (Å²) in [5.74, 6) is 0.865. The first-order valence-electron chi connectivity index (χ1n) is 8.74.